The third kappa shape index (κ3) is 3.20. The molecule has 1 aliphatic carbocycles. The van der Waals surface area contributed by atoms with Crippen LogP contribution in [0.3, 0.4) is 0 Å². The Hall–Kier alpha value is -1.68. The van der Waals surface area contributed by atoms with Crippen molar-refractivity contribution in [2.45, 2.75) is 45.7 Å². The van der Waals surface area contributed by atoms with E-state index >= 15 is 0 Å². The first kappa shape index (κ1) is 12.4. The predicted molar refractivity (Wildman–Crippen MR) is 72.9 cm³/mol. The van der Waals surface area contributed by atoms with Crippen molar-refractivity contribution in [3.8, 4) is 0 Å². The molecule has 0 saturated heterocycles. The van der Waals surface area contributed by atoms with E-state index in [2.05, 4.69) is 47.5 Å². The van der Waals surface area contributed by atoms with Crippen LogP contribution in [-0.4, -0.2) is 16.2 Å². The molecule has 0 bridgehead atoms. The van der Waals surface area contributed by atoms with Crippen molar-refractivity contribution in [1.82, 2.24) is 15.5 Å². The Balaban J connectivity index is 1.63. The summed E-state index contributed by atoms with van der Waals surface area (Å²) in [5.74, 6) is 1.45. The number of nitrogens with zero attached hydrogens (tertiary/aromatic N) is 2. The second-order valence-corrected chi connectivity index (χ2v) is 5.35. The molecule has 1 aromatic carbocycles. The lowest BCUT2D eigenvalue weighted by Gasteiger charge is -2.02. The minimum Gasteiger partial charge on any atom is -0.339 e. The number of rotatable bonds is 5. The monoisotopic (exact) mass is 257 g/mol. The van der Waals surface area contributed by atoms with Gasteiger partial charge < -0.3 is 9.84 Å². The van der Waals surface area contributed by atoms with Gasteiger partial charge in [-0.1, -0.05) is 23.4 Å². The molecule has 1 heterocycles. The van der Waals surface area contributed by atoms with Gasteiger partial charge in [0.2, 0.25) is 5.89 Å². The fourth-order valence-electron chi connectivity index (χ4n) is 2.04. The fourth-order valence-corrected chi connectivity index (χ4v) is 2.04. The van der Waals surface area contributed by atoms with Crippen molar-refractivity contribution in [3.05, 3.63) is 46.6 Å². The van der Waals surface area contributed by atoms with Crippen molar-refractivity contribution in [2.24, 2.45) is 0 Å². The molecule has 0 aliphatic heterocycles. The van der Waals surface area contributed by atoms with Crippen LogP contribution >= 0.6 is 0 Å². The molecule has 4 heteroatoms. The van der Waals surface area contributed by atoms with Gasteiger partial charge in [0, 0.05) is 6.04 Å². The van der Waals surface area contributed by atoms with E-state index in [0.717, 1.165) is 5.82 Å². The predicted octanol–water partition coefficient (Wildman–Crippen LogP) is 2.53. The smallest absolute Gasteiger partial charge is 0.231 e. The van der Waals surface area contributed by atoms with E-state index in [-0.39, 0.29) is 0 Å². The molecule has 0 atom stereocenters. The van der Waals surface area contributed by atoms with Gasteiger partial charge in [-0.3, -0.25) is 0 Å². The molecule has 0 spiro atoms. The molecule has 1 aromatic heterocycles. The highest BCUT2D eigenvalue weighted by Gasteiger charge is 2.21. The highest BCUT2D eigenvalue weighted by molar-refractivity contribution is 5.31. The molecular weight excluding hydrogens is 238 g/mol. The van der Waals surface area contributed by atoms with Gasteiger partial charge >= 0.3 is 0 Å². The van der Waals surface area contributed by atoms with Gasteiger partial charge in [0.05, 0.1) is 13.0 Å². The maximum absolute atomic E-state index is 5.29. The van der Waals surface area contributed by atoms with Crippen LogP contribution in [0.2, 0.25) is 0 Å². The SMILES string of the molecule is Cc1ccc(Cc2nc(CNC3CC3)no2)cc1C. The van der Waals surface area contributed by atoms with E-state index in [9.17, 15) is 0 Å². The average Bonchev–Trinajstić information content (AvgIpc) is 3.12. The Morgan fingerprint density at radius 2 is 2.11 bits per heavy atom. The number of hydrogen-bond acceptors (Lipinski definition) is 4. The molecule has 0 amide bonds. The van der Waals surface area contributed by atoms with Crippen LogP contribution < -0.4 is 5.32 Å². The van der Waals surface area contributed by atoms with Gasteiger partial charge in [-0.15, -0.1) is 0 Å². The number of hydrogen-bond donors (Lipinski definition) is 1. The van der Waals surface area contributed by atoms with Crippen molar-refractivity contribution < 1.29 is 4.52 Å². The first-order valence-electron chi connectivity index (χ1n) is 6.81. The molecule has 3 rings (SSSR count). The van der Waals surface area contributed by atoms with E-state index in [1.165, 1.54) is 29.5 Å². The largest absolute Gasteiger partial charge is 0.339 e. The molecule has 0 unspecified atom stereocenters. The lowest BCUT2D eigenvalue weighted by molar-refractivity contribution is 0.377. The molecule has 2 aromatic rings. The topological polar surface area (TPSA) is 51.0 Å². The van der Waals surface area contributed by atoms with Crippen molar-refractivity contribution in [3.63, 3.8) is 0 Å². The summed E-state index contributed by atoms with van der Waals surface area (Å²) in [6.45, 7) is 4.95. The molecule has 0 radical (unpaired) electrons. The Morgan fingerprint density at radius 3 is 2.84 bits per heavy atom. The van der Waals surface area contributed by atoms with Gasteiger partial charge in [-0.05, 0) is 43.4 Å². The first-order valence-corrected chi connectivity index (χ1v) is 6.81. The third-order valence-corrected chi connectivity index (χ3v) is 3.56. The van der Waals surface area contributed by atoms with Crippen LogP contribution in [-0.2, 0) is 13.0 Å². The Kier molecular flexibility index (Phi) is 3.34. The standard InChI is InChI=1S/C15H19N3O/c1-10-3-4-12(7-11(10)2)8-15-17-14(18-19-15)9-16-13-5-6-13/h3-4,7,13,16H,5-6,8-9H2,1-2H3. The molecule has 1 saturated carbocycles. The molecule has 100 valence electrons. The van der Waals surface area contributed by atoms with Gasteiger partial charge in [0.25, 0.3) is 0 Å². The summed E-state index contributed by atoms with van der Waals surface area (Å²) in [6, 6.07) is 7.11. The number of benzene rings is 1. The van der Waals surface area contributed by atoms with Gasteiger partial charge in [-0.2, -0.15) is 4.98 Å². The quantitative estimate of drug-likeness (QED) is 0.894. The summed E-state index contributed by atoms with van der Waals surface area (Å²) in [5.41, 5.74) is 3.82. The number of nitrogens with one attached hydrogen (secondary N) is 1. The van der Waals surface area contributed by atoms with E-state index < -0.39 is 0 Å². The lowest BCUT2D eigenvalue weighted by atomic mass is 10.0. The van der Waals surface area contributed by atoms with Crippen LogP contribution in [0.4, 0.5) is 0 Å². The maximum atomic E-state index is 5.29. The van der Waals surface area contributed by atoms with Crippen LogP contribution in [0.25, 0.3) is 0 Å². The average molecular weight is 257 g/mol. The number of aromatic nitrogens is 2. The summed E-state index contributed by atoms with van der Waals surface area (Å²) < 4.78 is 5.29. The van der Waals surface area contributed by atoms with Gasteiger partial charge in [-0.25, -0.2) is 0 Å². The van der Waals surface area contributed by atoms with Crippen LogP contribution in [0.15, 0.2) is 22.7 Å². The molecule has 1 aliphatic rings. The van der Waals surface area contributed by atoms with E-state index in [0.29, 0.717) is 24.9 Å². The van der Waals surface area contributed by atoms with E-state index in [4.69, 9.17) is 4.52 Å². The zero-order chi connectivity index (χ0) is 13.2. The van der Waals surface area contributed by atoms with Gasteiger partial charge in [0.1, 0.15) is 0 Å². The molecule has 1 fully saturated rings. The minimum absolute atomic E-state index is 0.668. The molecular formula is C15H19N3O. The normalized spacial score (nSPS) is 14.8. The highest BCUT2D eigenvalue weighted by atomic mass is 16.5. The van der Waals surface area contributed by atoms with Crippen LogP contribution in [0, 0.1) is 13.8 Å². The first-order chi connectivity index (χ1) is 9.20. The minimum atomic E-state index is 0.668. The summed E-state index contributed by atoms with van der Waals surface area (Å²) in [7, 11) is 0. The Labute approximate surface area is 113 Å². The van der Waals surface area contributed by atoms with Crippen molar-refractivity contribution in [2.75, 3.05) is 0 Å². The molecule has 19 heavy (non-hydrogen) atoms. The second kappa shape index (κ2) is 5.13. The summed E-state index contributed by atoms with van der Waals surface area (Å²) in [6.07, 6.45) is 3.25. The second-order valence-electron chi connectivity index (χ2n) is 5.35. The highest BCUT2D eigenvalue weighted by Crippen LogP contribution is 2.19. The summed E-state index contributed by atoms with van der Waals surface area (Å²) >= 11 is 0. The zero-order valence-electron chi connectivity index (χ0n) is 11.4. The van der Waals surface area contributed by atoms with Crippen molar-refractivity contribution in [1.29, 1.82) is 0 Å². The van der Waals surface area contributed by atoms with E-state index in [1.807, 2.05) is 0 Å². The molecule has 1 N–H and O–H groups in total. The van der Waals surface area contributed by atoms with E-state index in [1.54, 1.807) is 0 Å². The summed E-state index contributed by atoms with van der Waals surface area (Å²) in [4.78, 5) is 4.42. The zero-order valence-corrected chi connectivity index (χ0v) is 11.4. The Bertz CT molecular complexity index is 573. The molecule has 4 nitrogen and oxygen atoms in total. The number of aryl methyl sites for hydroxylation is 2. The maximum Gasteiger partial charge on any atom is 0.231 e. The fraction of sp³-hybridized carbons (Fsp3) is 0.467. The van der Waals surface area contributed by atoms with Crippen LogP contribution in [0.5, 0.6) is 0 Å². The summed E-state index contributed by atoms with van der Waals surface area (Å²) in [5, 5.41) is 7.39. The Morgan fingerprint density at radius 1 is 1.26 bits per heavy atom. The lowest BCUT2D eigenvalue weighted by Crippen LogP contribution is -2.16. The van der Waals surface area contributed by atoms with Gasteiger partial charge in [0.15, 0.2) is 5.82 Å². The van der Waals surface area contributed by atoms with Crippen LogP contribution in [0.1, 0.15) is 41.2 Å². The van der Waals surface area contributed by atoms with Crippen molar-refractivity contribution >= 4 is 0 Å². The third-order valence-electron chi connectivity index (χ3n) is 3.56.